The molecule has 0 aromatic rings. The minimum atomic E-state index is -1.88. The lowest BCUT2D eigenvalue weighted by atomic mass is 10.5. The molecule has 0 aromatic carbocycles. The van der Waals surface area contributed by atoms with Gasteiger partial charge >= 0.3 is 0 Å². The average molecular weight is 147 g/mol. The fraction of sp³-hybridized carbons (Fsp3) is 0.667. The lowest BCUT2D eigenvalue weighted by Crippen LogP contribution is -2.00. The highest BCUT2D eigenvalue weighted by Gasteiger charge is 1.94. The molecule has 0 saturated carbocycles. The predicted molar refractivity (Wildman–Crippen MR) is 42.1 cm³/mol. The molecule has 0 fully saturated rings. The molecule has 0 aliphatic carbocycles. The highest BCUT2D eigenvalue weighted by atomic mass is 32.2. The van der Waals surface area contributed by atoms with E-state index in [1.807, 2.05) is 0 Å². The molecule has 0 aromatic heterocycles. The number of nitrogens with zero attached hydrogens (tertiary/aromatic N) is 1. The van der Waals surface area contributed by atoms with Crippen LogP contribution in [0.15, 0.2) is 17.0 Å². The summed E-state index contributed by atoms with van der Waals surface area (Å²) in [5.41, 5.74) is 0. The van der Waals surface area contributed by atoms with Crippen LogP contribution in [0.1, 0.15) is 6.42 Å². The second-order valence-corrected chi connectivity index (χ2v) is 4.62. The molecule has 0 heterocycles. The molecule has 0 rings (SSSR count). The van der Waals surface area contributed by atoms with E-state index in [1.165, 1.54) is 0 Å². The average Bonchev–Trinajstić information content (AvgIpc) is 1.84. The fourth-order valence-corrected chi connectivity index (χ4v) is 1.18. The Kier molecular flexibility index (Phi) is 3.54. The molecule has 0 aliphatic rings. The van der Waals surface area contributed by atoms with E-state index in [-0.39, 0.29) is 0 Å². The van der Waals surface area contributed by atoms with Gasteiger partial charge in [0, 0.05) is 28.8 Å². The van der Waals surface area contributed by atoms with Crippen LogP contribution >= 0.6 is 0 Å². The van der Waals surface area contributed by atoms with E-state index in [4.69, 9.17) is 0 Å². The van der Waals surface area contributed by atoms with Gasteiger partial charge < -0.3 is 0 Å². The Morgan fingerprint density at radius 3 is 2.67 bits per heavy atom. The SMILES string of the molecule is C=CCCS(C)(=O)=NC. The molecular weight excluding hydrogens is 134 g/mol. The number of rotatable bonds is 3. The molecular formula is C6H13NOS. The van der Waals surface area contributed by atoms with Gasteiger partial charge in [0.05, 0.1) is 0 Å². The summed E-state index contributed by atoms with van der Waals surface area (Å²) in [6, 6.07) is 0. The minimum absolute atomic E-state index is 0.632. The first kappa shape index (κ1) is 8.69. The van der Waals surface area contributed by atoms with E-state index < -0.39 is 9.73 Å². The Morgan fingerprint density at radius 2 is 2.33 bits per heavy atom. The van der Waals surface area contributed by atoms with E-state index in [9.17, 15) is 4.21 Å². The van der Waals surface area contributed by atoms with Crippen molar-refractivity contribution in [1.82, 2.24) is 0 Å². The summed E-state index contributed by atoms with van der Waals surface area (Å²) in [7, 11) is -0.289. The van der Waals surface area contributed by atoms with Crippen molar-refractivity contribution in [2.24, 2.45) is 4.36 Å². The maximum absolute atomic E-state index is 11.1. The Morgan fingerprint density at radius 1 is 1.78 bits per heavy atom. The summed E-state index contributed by atoms with van der Waals surface area (Å²) in [4.78, 5) is 0. The van der Waals surface area contributed by atoms with Gasteiger partial charge in [0.2, 0.25) is 0 Å². The summed E-state index contributed by atoms with van der Waals surface area (Å²) in [6.07, 6.45) is 4.21. The van der Waals surface area contributed by atoms with E-state index in [2.05, 4.69) is 10.9 Å². The van der Waals surface area contributed by atoms with Gasteiger partial charge in [-0.1, -0.05) is 6.08 Å². The molecule has 0 N–H and O–H groups in total. The van der Waals surface area contributed by atoms with Crippen molar-refractivity contribution in [2.45, 2.75) is 6.42 Å². The highest BCUT2D eigenvalue weighted by Crippen LogP contribution is 1.92. The largest absolute Gasteiger partial charge is 0.250 e. The molecule has 0 aliphatic heterocycles. The van der Waals surface area contributed by atoms with Crippen LogP contribution in [0.3, 0.4) is 0 Å². The van der Waals surface area contributed by atoms with Crippen molar-refractivity contribution in [1.29, 1.82) is 0 Å². The Balaban J connectivity index is 3.90. The molecule has 0 amide bonds. The monoisotopic (exact) mass is 147 g/mol. The topological polar surface area (TPSA) is 29.4 Å². The fourth-order valence-electron chi connectivity index (χ4n) is 0.393. The molecule has 9 heavy (non-hydrogen) atoms. The van der Waals surface area contributed by atoms with Gasteiger partial charge in [-0.15, -0.1) is 6.58 Å². The quantitative estimate of drug-likeness (QED) is 0.553. The summed E-state index contributed by atoms with van der Waals surface area (Å²) in [5.74, 6) is 0.632. The second kappa shape index (κ2) is 3.67. The summed E-state index contributed by atoms with van der Waals surface area (Å²) < 4.78 is 14.8. The van der Waals surface area contributed by atoms with Crippen molar-refractivity contribution in [3.05, 3.63) is 12.7 Å². The van der Waals surface area contributed by atoms with E-state index in [1.54, 1.807) is 19.4 Å². The molecule has 0 bridgehead atoms. The van der Waals surface area contributed by atoms with E-state index in [0.29, 0.717) is 5.75 Å². The first-order chi connectivity index (χ1) is 4.12. The normalized spacial score (nSPS) is 16.2. The Labute approximate surface area is 57.2 Å². The lowest BCUT2D eigenvalue weighted by molar-refractivity contribution is 0.679. The van der Waals surface area contributed by atoms with Gasteiger partial charge in [-0.3, -0.25) is 4.21 Å². The highest BCUT2D eigenvalue weighted by molar-refractivity contribution is 7.92. The van der Waals surface area contributed by atoms with Gasteiger partial charge in [-0.2, -0.15) is 0 Å². The molecule has 0 saturated heterocycles. The molecule has 2 nitrogen and oxygen atoms in total. The zero-order chi connectivity index (χ0) is 7.33. The maximum Gasteiger partial charge on any atom is 0.0438 e. The van der Waals surface area contributed by atoms with Crippen molar-refractivity contribution >= 4 is 9.73 Å². The van der Waals surface area contributed by atoms with Gasteiger partial charge in [-0.05, 0) is 6.42 Å². The first-order valence-electron chi connectivity index (χ1n) is 2.81. The number of hydrogen-bond acceptors (Lipinski definition) is 2. The third-order valence-corrected chi connectivity index (χ3v) is 2.85. The van der Waals surface area contributed by atoms with Crippen LogP contribution in [0.4, 0.5) is 0 Å². The first-order valence-corrected chi connectivity index (χ1v) is 4.90. The van der Waals surface area contributed by atoms with Crippen LogP contribution in [0, 0.1) is 0 Å². The summed E-state index contributed by atoms with van der Waals surface area (Å²) in [6.45, 7) is 3.53. The molecule has 0 radical (unpaired) electrons. The summed E-state index contributed by atoms with van der Waals surface area (Å²) in [5, 5.41) is 0. The number of hydrogen-bond donors (Lipinski definition) is 0. The van der Waals surface area contributed by atoms with Crippen molar-refractivity contribution in [3.63, 3.8) is 0 Å². The van der Waals surface area contributed by atoms with Crippen LogP contribution in [-0.2, 0) is 9.73 Å². The van der Waals surface area contributed by atoms with Gasteiger partial charge in [-0.25, -0.2) is 4.36 Å². The van der Waals surface area contributed by atoms with Crippen molar-refractivity contribution in [3.8, 4) is 0 Å². The van der Waals surface area contributed by atoms with E-state index >= 15 is 0 Å². The predicted octanol–water partition coefficient (Wildman–Crippen LogP) is 1.29. The number of allylic oxidation sites excluding steroid dienone is 1. The van der Waals surface area contributed by atoms with Crippen molar-refractivity contribution < 1.29 is 4.21 Å². The van der Waals surface area contributed by atoms with Crippen LogP contribution in [0.25, 0.3) is 0 Å². The van der Waals surface area contributed by atoms with Gasteiger partial charge in [0.1, 0.15) is 0 Å². The van der Waals surface area contributed by atoms with E-state index in [0.717, 1.165) is 6.42 Å². The standard InChI is InChI=1S/C6H13NOS/c1-4-5-6-9(3,8)7-2/h4H,1,5-6H2,2-3H3. The lowest BCUT2D eigenvalue weighted by Gasteiger charge is -1.96. The maximum atomic E-state index is 11.1. The minimum Gasteiger partial charge on any atom is -0.250 e. The van der Waals surface area contributed by atoms with Crippen LogP contribution < -0.4 is 0 Å². The van der Waals surface area contributed by atoms with Crippen LogP contribution in [0.5, 0.6) is 0 Å². The zero-order valence-electron chi connectivity index (χ0n) is 5.96. The third-order valence-electron chi connectivity index (χ3n) is 1.09. The second-order valence-electron chi connectivity index (χ2n) is 1.92. The van der Waals surface area contributed by atoms with Crippen LogP contribution in [0.2, 0.25) is 0 Å². The smallest absolute Gasteiger partial charge is 0.0438 e. The molecule has 1 atom stereocenters. The molecule has 54 valence electrons. The van der Waals surface area contributed by atoms with Gasteiger partial charge in [0.25, 0.3) is 0 Å². The van der Waals surface area contributed by atoms with Crippen molar-refractivity contribution in [2.75, 3.05) is 19.1 Å². The zero-order valence-corrected chi connectivity index (χ0v) is 6.78. The summed E-state index contributed by atoms with van der Waals surface area (Å²) >= 11 is 0. The molecule has 1 unspecified atom stereocenters. The molecule has 0 spiro atoms. The Hall–Kier alpha value is -0.310. The molecule has 3 heteroatoms. The Bertz CT molecular complexity index is 189. The third kappa shape index (κ3) is 4.21. The van der Waals surface area contributed by atoms with Gasteiger partial charge in [0.15, 0.2) is 0 Å². The van der Waals surface area contributed by atoms with Crippen LogP contribution in [-0.4, -0.2) is 23.3 Å².